The van der Waals surface area contributed by atoms with Gasteiger partial charge in [-0.3, -0.25) is 0 Å². The van der Waals surface area contributed by atoms with Crippen LogP contribution in [0.4, 0.5) is 35.0 Å². The lowest BCUT2D eigenvalue weighted by atomic mass is 10.1. The summed E-state index contributed by atoms with van der Waals surface area (Å²) in [5.74, 6) is 0.0820. The Hall–Kier alpha value is -3.36. The van der Waals surface area contributed by atoms with Gasteiger partial charge in [0, 0.05) is 23.4 Å². The summed E-state index contributed by atoms with van der Waals surface area (Å²) in [5, 5.41) is 6.24. The molecule has 9 heteroatoms. The van der Waals surface area contributed by atoms with E-state index in [9.17, 15) is 17.6 Å². The van der Waals surface area contributed by atoms with Crippen LogP contribution in [0.1, 0.15) is 12.8 Å². The SMILES string of the molecule is Fc1ccc(Nc2cc(-c3cccc(OC(F)(F)F)c3)nc(NC3CC3)n2)cc1. The van der Waals surface area contributed by atoms with E-state index >= 15 is 0 Å². The molecule has 1 heterocycles. The Morgan fingerprint density at radius 2 is 1.72 bits per heavy atom. The summed E-state index contributed by atoms with van der Waals surface area (Å²) in [6.07, 6.45) is -2.77. The maximum Gasteiger partial charge on any atom is 0.573 e. The third-order valence-corrected chi connectivity index (χ3v) is 4.12. The number of hydrogen-bond acceptors (Lipinski definition) is 5. The molecule has 29 heavy (non-hydrogen) atoms. The van der Waals surface area contributed by atoms with Gasteiger partial charge in [-0.1, -0.05) is 12.1 Å². The van der Waals surface area contributed by atoms with E-state index in [4.69, 9.17) is 0 Å². The molecule has 3 aromatic rings. The molecule has 1 fully saturated rings. The molecule has 0 bridgehead atoms. The minimum Gasteiger partial charge on any atom is -0.406 e. The standard InChI is InChI=1S/C20H16F4N4O/c21-13-4-6-14(7-5-13)25-18-11-17(27-19(28-18)26-15-8-9-15)12-2-1-3-16(10-12)29-20(22,23)24/h1-7,10-11,15H,8-9H2,(H2,25,26,27,28). The molecule has 0 spiro atoms. The van der Waals surface area contributed by atoms with Crippen molar-refractivity contribution in [3.63, 3.8) is 0 Å². The van der Waals surface area contributed by atoms with Crippen LogP contribution in [-0.2, 0) is 0 Å². The summed E-state index contributed by atoms with van der Waals surface area (Å²) >= 11 is 0. The summed E-state index contributed by atoms with van der Waals surface area (Å²) in [5.41, 5.74) is 1.47. The predicted octanol–water partition coefficient (Wildman–Crippen LogP) is 5.50. The van der Waals surface area contributed by atoms with Crippen LogP contribution in [0.25, 0.3) is 11.3 Å². The van der Waals surface area contributed by atoms with Crippen LogP contribution >= 0.6 is 0 Å². The van der Waals surface area contributed by atoms with Crippen LogP contribution in [0, 0.1) is 5.82 Å². The molecule has 1 aromatic heterocycles. The Morgan fingerprint density at radius 3 is 2.41 bits per heavy atom. The van der Waals surface area contributed by atoms with Crippen LogP contribution in [0.3, 0.4) is 0 Å². The van der Waals surface area contributed by atoms with Crippen LogP contribution in [-0.4, -0.2) is 22.4 Å². The molecule has 4 rings (SSSR count). The highest BCUT2D eigenvalue weighted by Crippen LogP contribution is 2.30. The molecule has 0 radical (unpaired) electrons. The fourth-order valence-electron chi connectivity index (χ4n) is 2.67. The van der Waals surface area contributed by atoms with E-state index in [-0.39, 0.29) is 17.6 Å². The minimum absolute atomic E-state index is 0.281. The average molecular weight is 404 g/mol. The fraction of sp³-hybridized carbons (Fsp3) is 0.200. The molecule has 5 nitrogen and oxygen atoms in total. The quantitative estimate of drug-likeness (QED) is 0.532. The number of alkyl halides is 3. The number of halogens is 4. The Kier molecular flexibility index (Phi) is 4.96. The van der Waals surface area contributed by atoms with Crippen LogP contribution in [0.15, 0.2) is 54.6 Å². The number of hydrogen-bond donors (Lipinski definition) is 2. The van der Waals surface area contributed by atoms with Gasteiger partial charge in [0.2, 0.25) is 5.95 Å². The second-order valence-electron chi connectivity index (χ2n) is 6.59. The Balaban J connectivity index is 1.66. The Morgan fingerprint density at radius 1 is 0.966 bits per heavy atom. The molecule has 150 valence electrons. The van der Waals surface area contributed by atoms with Gasteiger partial charge in [0.25, 0.3) is 0 Å². The predicted molar refractivity (Wildman–Crippen MR) is 100 cm³/mol. The first kappa shape index (κ1) is 19.0. The highest BCUT2D eigenvalue weighted by molar-refractivity contribution is 5.68. The Bertz CT molecular complexity index is 1000. The zero-order valence-corrected chi connectivity index (χ0v) is 15.0. The summed E-state index contributed by atoms with van der Waals surface area (Å²) in [4.78, 5) is 8.82. The summed E-state index contributed by atoms with van der Waals surface area (Å²) in [6, 6.07) is 13.2. The minimum atomic E-state index is -4.78. The normalized spacial score (nSPS) is 13.8. The highest BCUT2D eigenvalue weighted by Gasteiger charge is 2.31. The van der Waals surface area contributed by atoms with Crippen molar-refractivity contribution in [1.29, 1.82) is 0 Å². The number of nitrogens with one attached hydrogen (secondary N) is 2. The first-order chi connectivity index (χ1) is 13.8. The number of rotatable bonds is 6. The molecule has 2 aromatic carbocycles. The van der Waals surface area contributed by atoms with E-state index in [2.05, 4.69) is 25.3 Å². The van der Waals surface area contributed by atoms with Crippen molar-refractivity contribution in [2.24, 2.45) is 0 Å². The van der Waals surface area contributed by atoms with Crippen molar-refractivity contribution < 1.29 is 22.3 Å². The van der Waals surface area contributed by atoms with Crippen molar-refractivity contribution in [2.45, 2.75) is 25.2 Å². The van der Waals surface area contributed by atoms with Gasteiger partial charge < -0.3 is 15.4 Å². The summed E-state index contributed by atoms with van der Waals surface area (Å²) in [6.45, 7) is 0. The third-order valence-electron chi connectivity index (χ3n) is 4.12. The molecule has 2 N–H and O–H groups in total. The Labute approximate surface area is 163 Å². The molecular weight excluding hydrogens is 388 g/mol. The number of anilines is 3. The van der Waals surface area contributed by atoms with E-state index in [1.165, 1.54) is 30.3 Å². The van der Waals surface area contributed by atoms with Crippen LogP contribution < -0.4 is 15.4 Å². The highest BCUT2D eigenvalue weighted by atomic mass is 19.4. The second kappa shape index (κ2) is 7.57. The zero-order chi connectivity index (χ0) is 20.4. The monoisotopic (exact) mass is 404 g/mol. The maximum atomic E-state index is 13.1. The lowest BCUT2D eigenvalue weighted by Gasteiger charge is -2.13. The molecule has 1 aliphatic rings. The number of aromatic nitrogens is 2. The van der Waals surface area contributed by atoms with Crippen LogP contribution in [0.5, 0.6) is 5.75 Å². The van der Waals surface area contributed by atoms with E-state index in [0.29, 0.717) is 28.7 Å². The molecule has 0 saturated heterocycles. The van der Waals surface area contributed by atoms with E-state index in [1.54, 1.807) is 24.3 Å². The molecule has 0 atom stereocenters. The molecule has 0 unspecified atom stereocenters. The van der Waals surface area contributed by atoms with Gasteiger partial charge >= 0.3 is 6.36 Å². The van der Waals surface area contributed by atoms with Crippen molar-refractivity contribution in [3.05, 3.63) is 60.4 Å². The van der Waals surface area contributed by atoms with Gasteiger partial charge in [-0.25, -0.2) is 9.37 Å². The molecular formula is C20H16F4N4O. The van der Waals surface area contributed by atoms with E-state index < -0.39 is 6.36 Å². The first-order valence-corrected chi connectivity index (χ1v) is 8.88. The summed E-state index contributed by atoms with van der Waals surface area (Å²) < 4.78 is 54.7. The van der Waals surface area contributed by atoms with Crippen molar-refractivity contribution in [1.82, 2.24) is 9.97 Å². The smallest absolute Gasteiger partial charge is 0.406 e. The van der Waals surface area contributed by atoms with Crippen molar-refractivity contribution in [2.75, 3.05) is 10.6 Å². The lowest BCUT2D eigenvalue weighted by Crippen LogP contribution is -2.17. The van der Waals surface area contributed by atoms with Gasteiger partial charge in [-0.15, -0.1) is 13.2 Å². The van der Waals surface area contributed by atoms with E-state index in [0.717, 1.165) is 12.8 Å². The second-order valence-corrected chi connectivity index (χ2v) is 6.59. The van der Waals surface area contributed by atoms with Gasteiger partial charge in [0.15, 0.2) is 0 Å². The van der Waals surface area contributed by atoms with Crippen LogP contribution in [0.2, 0.25) is 0 Å². The van der Waals surface area contributed by atoms with Gasteiger partial charge in [-0.05, 0) is 49.2 Å². The number of nitrogens with zero attached hydrogens (tertiary/aromatic N) is 2. The number of benzene rings is 2. The van der Waals surface area contributed by atoms with Gasteiger partial charge in [-0.2, -0.15) is 4.98 Å². The third kappa shape index (κ3) is 5.34. The molecule has 1 saturated carbocycles. The molecule has 1 aliphatic carbocycles. The topological polar surface area (TPSA) is 59.1 Å². The lowest BCUT2D eigenvalue weighted by molar-refractivity contribution is -0.274. The van der Waals surface area contributed by atoms with Crippen molar-refractivity contribution in [3.8, 4) is 17.0 Å². The van der Waals surface area contributed by atoms with Gasteiger partial charge in [0.1, 0.15) is 17.4 Å². The molecule has 0 aliphatic heterocycles. The first-order valence-electron chi connectivity index (χ1n) is 8.88. The van der Waals surface area contributed by atoms with Gasteiger partial charge in [0.05, 0.1) is 5.69 Å². The maximum absolute atomic E-state index is 13.1. The van der Waals surface area contributed by atoms with Crippen molar-refractivity contribution >= 4 is 17.5 Å². The largest absolute Gasteiger partial charge is 0.573 e. The van der Waals surface area contributed by atoms with E-state index in [1.807, 2.05) is 0 Å². The zero-order valence-electron chi connectivity index (χ0n) is 15.0. The molecule has 0 amide bonds. The number of ether oxygens (including phenoxy) is 1. The summed E-state index contributed by atoms with van der Waals surface area (Å²) in [7, 11) is 0. The average Bonchev–Trinajstić information content (AvgIpc) is 3.46. The fourth-order valence-corrected chi connectivity index (χ4v) is 2.67.